The normalized spacial score (nSPS) is 18.3. The van der Waals surface area contributed by atoms with Gasteiger partial charge in [0.25, 0.3) is 0 Å². The van der Waals surface area contributed by atoms with Crippen LogP contribution in [0.1, 0.15) is 31.9 Å². The maximum Gasteiger partial charge on any atom is 0.410 e. The molecule has 0 aliphatic carbocycles. The van der Waals surface area contributed by atoms with Gasteiger partial charge in [-0.3, -0.25) is 4.90 Å². The predicted molar refractivity (Wildman–Crippen MR) is 109 cm³/mol. The highest BCUT2D eigenvalue weighted by Crippen LogP contribution is 2.20. The molecule has 0 unspecified atom stereocenters. The van der Waals surface area contributed by atoms with Crippen molar-refractivity contribution in [3.05, 3.63) is 71.8 Å². The van der Waals surface area contributed by atoms with E-state index in [-0.39, 0.29) is 12.1 Å². The predicted octanol–water partition coefficient (Wildman–Crippen LogP) is 4.35. The molecule has 144 valence electrons. The summed E-state index contributed by atoms with van der Waals surface area (Å²) in [7, 11) is 0. The van der Waals surface area contributed by atoms with Crippen molar-refractivity contribution >= 4 is 6.09 Å². The van der Waals surface area contributed by atoms with Gasteiger partial charge in [0.15, 0.2) is 0 Å². The molecule has 1 amide bonds. The molecule has 2 aromatic rings. The lowest BCUT2D eigenvalue weighted by molar-refractivity contribution is -0.00232. The molecule has 1 heterocycles. The Kier molecular flexibility index (Phi) is 6.17. The van der Waals surface area contributed by atoms with E-state index in [1.807, 2.05) is 37.8 Å². The van der Waals surface area contributed by atoms with Crippen LogP contribution in [0.15, 0.2) is 60.7 Å². The first-order chi connectivity index (χ1) is 12.9. The maximum atomic E-state index is 12.8. The van der Waals surface area contributed by atoms with Crippen molar-refractivity contribution in [3.8, 4) is 0 Å². The molecule has 0 bridgehead atoms. The van der Waals surface area contributed by atoms with Crippen LogP contribution in [0, 0.1) is 0 Å². The second kappa shape index (κ2) is 8.57. The third kappa shape index (κ3) is 5.83. The summed E-state index contributed by atoms with van der Waals surface area (Å²) in [6.07, 6.45) is 0.633. The summed E-state index contributed by atoms with van der Waals surface area (Å²) in [5.41, 5.74) is 2.08. The smallest absolute Gasteiger partial charge is 0.410 e. The lowest BCUT2D eigenvalue weighted by Crippen LogP contribution is -2.56. The summed E-state index contributed by atoms with van der Waals surface area (Å²) < 4.78 is 5.67. The summed E-state index contributed by atoms with van der Waals surface area (Å²) in [4.78, 5) is 17.1. The summed E-state index contributed by atoms with van der Waals surface area (Å²) in [5, 5.41) is 0. The Morgan fingerprint density at radius 2 is 1.56 bits per heavy atom. The number of piperazine rings is 1. The Labute approximate surface area is 162 Å². The van der Waals surface area contributed by atoms with E-state index < -0.39 is 5.60 Å². The maximum absolute atomic E-state index is 12.8. The minimum Gasteiger partial charge on any atom is -0.444 e. The molecule has 0 saturated carbocycles. The van der Waals surface area contributed by atoms with Crippen molar-refractivity contribution in [2.24, 2.45) is 0 Å². The van der Waals surface area contributed by atoms with Gasteiger partial charge < -0.3 is 9.64 Å². The topological polar surface area (TPSA) is 32.8 Å². The fraction of sp³-hybridized carbons (Fsp3) is 0.435. The standard InChI is InChI=1S/C23H30N2O2/c1-23(2,3)27-22(26)25-15-14-24(17-20-12-8-5-9-13-20)18-21(25)16-19-10-6-4-7-11-19/h4-13,21H,14-18H2,1-3H3/t21-/m1/s1. The molecule has 0 radical (unpaired) electrons. The molecular weight excluding hydrogens is 336 g/mol. The van der Waals surface area contributed by atoms with Crippen molar-refractivity contribution in [3.63, 3.8) is 0 Å². The first kappa shape index (κ1) is 19.4. The van der Waals surface area contributed by atoms with Crippen molar-refractivity contribution in [2.75, 3.05) is 19.6 Å². The van der Waals surface area contributed by atoms with Crippen molar-refractivity contribution in [2.45, 2.75) is 45.4 Å². The molecule has 4 heteroatoms. The number of hydrogen-bond donors (Lipinski definition) is 0. The van der Waals surface area contributed by atoms with Crippen LogP contribution in [0.4, 0.5) is 4.79 Å². The number of hydrogen-bond acceptors (Lipinski definition) is 3. The second-order valence-corrected chi connectivity index (χ2v) is 8.24. The molecular formula is C23H30N2O2. The quantitative estimate of drug-likeness (QED) is 0.806. The van der Waals surface area contributed by atoms with Gasteiger partial charge in [-0.25, -0.2) is 4.79 Å². The highest BCUT2D eigenvalue weighted by atomic mass is 16.6. The van der Waals surface area contributed by atoms with Gasteiger partial charge >= 0.3 is 6.09 Å². The van der Waals surface area contributed by atoms with Crippen LogP contribution in [-0.2, 0) is 17.7 Å². The summed E-state index contributed by atoms with van der Waals surface area (Å²) in [6, 6.07) is 21.0. The first-order valence-corrected chi connectivity index (χ1v) is 9.70. The fourth-order valence-corrected chi connectivity index (χ4v) is 3.53. The molecule has 1 saturated heterocycles. The van der Waals surface area contributed by atoms with Crippen LogP contribution in [0.2, 0.25) is 0 Å². The number of ether oxygens (including phenoxy) is 1. The minimum atomic E-state index is -0.477. The third-order valence-electron chi connectivity index (χ3n) is 4.76. The molecule has 1 aliphatic rings. The Hall–Kier alpha value is -2.33. The van der Waals surface area contributed by atoms with Crippen LogP contribution < -0.4 is 0 Å². The van der Waals surface area contributed by atoms with Crippen molar-refractivity contribution in [1.29, 1.82) is 0 Å². The van der Waals surface area contributed by atoms with Crippen molar-refractivity contribution in [1.82, 2.24) is 9.80 Å². The first-order valence-electron chi connectivity index (χ1n) is 9.70. The van der Waals surface area contributed by atoms with E-state index in [2.05, 4.69) is 53.4 Å². The molecule has 1 aliphatic heterocycles. The Morgan fingerprint density at radius 1 is 0.963 bits per heavy atom. The molecule has 0 N–H and O–H groups in total. The number of carbonyl (C=O) groups excluding carboxylic acids is 1. The number of benzene rings is 2. The van der Waals surface area contributed by atoms with Gasteiger partial charge in [0.2, 0.25) is 0 Å². The van der Waals surface area contributed by atoms with E-state index in [0.717, 1.165) is 26.1 Å². The second-order valence-electron chi connectivity index (χ2n) is 8.24. The Bertz CT molecular complexity index is 725. The highest BCUT2D eigenvalue weighted by Gasteiger charge is 2.33. The van der Waals surface area contributed by atoms with Crippen LogP contribution >= 0.6 is 0 Å². The van der Waals surface area contributed by atoms with Gasteiger partial charge in [0.1, 0.15) is 5.60 Å². The minimum absolute atomic E-state index is 0.111. The lowest BCUT2D eigenvalue weighted by Gasteiger charge is -2.42. The molecule has 3 rings (SSSR count). The SMILES string of the molecule is CC(C)(C)OC(=O)N1CCN(Cc2ccccc2)C[C@H]1Cc1ccccc1. The summed E-state index contributed by atoms with van der Waals surface area (Å²) in [6.45, 7) is 9.07. The number of amides is 1. The van der Waals surface area contributed by atoms with Crippen LogP contribution in [0.3, 0.4) is 0 Å². The zero-order chi connectivity index (χ0) is 19.3. The number of nitrogens with zero attached hydrogens (tertiary/aromatic N) is 2. The molecule has 4 nitrogen and oxygen atoms in total. The van der Waals surface area contributed by atoms with E-state index in [9.17, 15) is 4.79 Å². The van der Waals surface area contributed by atoms with Crippen LogP contribution in [0.25, 0.3) is 0 Å². The number of rotatable bonds is 4. The monoisotopic (exact) mass is 366 g/mol. The summed E-state index contributed by atoms with van der Waals surface area (Å²) >= 11 is 0. The average molecular weight is 367 g/mol. The van der Waals surface area contributed by atoms with E-state index in [4.69, 9.17) is 4.74 Å². The summed E-state index contributed by atoms with van der Waals surface area (Å²) in [5.74, 6) is 0. The zero-order valence-electron chi connectivity index (χ0n) is 16.6. The van der Waals surface area contributed by atoms with Gasteiger partial charge in [0.05, 0.1) is 6.04 Å². The van der Waals surface area contributed by atoms with Gasteiger partial charge in [-0.05, 0) is 38.3 Å². The third-order valence-corrected chi connectivity index (χ3v) is 4.76. The Balaban J connectivity index is 1.72. The molecule has 0 spiro atoms. The van der Waals surface area contributed by atoms with E-state index in [0.29, 0.717) is 6.54 Å². The van der Waals surface area contributed by atoms with E-state index in [1.165, 1.54) is 11.1 Å². The molecule has 1 atom stereocenters. The average Bonchev–Trinajstić information content (AvgIpc) is 2.62. The van der Waals surface area contributed by atoms with Gasteiger partial charge in [-0.2, -0.15) is 0 Å². The molecule has 1 fully saturated rings. The largest absolute Gasteiger partial charge is 0.444 e. The molecule has 2 aromatic carbocycles. The van der Waals surface area contributed by atoms with E-state index in [1.54, 1.807) is 0 Å². The van der Waals surface area contributed by atoms with E-state index >= 15 is 0 Å². The van der Waals surface area contributed by atoms with Gasteiger partial charge in [0, 0.05) is 26.2 Å². The van der Waals surface area contributed by atoms with Crippen LogP contribution in [-0.4, -0.2) is 47.2 Å². The zero-order valence-corrected chi connectivity index (χ0v) is 16.6. The fourth-order valence-electron chi connectivity index (χ4n) is 3.53. The van der Waals surface area contributed by atoms with Crippen molar-refractivity contribution < 1.29 is 9.53 Å². The Morgan fingerprint density at radius 3 is 2.15 bits per heavy atom. The number of carbonyl (C=O) groups is 1. The lowest BCUT2D eigenvalue weighted by atomic mass is 10.0. The highest BCUT2D eigenvalue weighted by molar-refractivity contribution is 5.68. The van der Waals surface area contributed by atoms with Gasteiger partial charge in [-0.15, -0.1) is 0 Å². The van der Waals surface area contributed by atoms with Gasteiger partial charge in [-0.1, -0.05) is 60.7 Å². The molecule has 0 aromatic heterocycles. The molecule has 27 heavy (non-hydrogen) atoms. The van der Waals surface area contributed by atoms with Crippen LogP contribution in [0.5, 0.6) is 0 Å².